The van der Waals surface area contributed by atoms with Gasteiger partial charge in [-0.2, -0.15) is 5.10 Å². The molecule has 1 amide bonds. The number of rotatable bonds is 7. The van der Waals surface area contributed by atoms with E-state index in [9.17, 15) is 13.2 Å². The van der Waals surface area contributed by atoms with Crippen LogP contribution < -0.4 is 9.62 Å². The maximum atomic E-state index is 12.7. The lowest BCUT2D eigenvalue weighted by molar-refractivity contribution is 0.0785. The van der Waals surface area contributed by atoms with Gasteiger partial charge in [-0.15, -0.1) is 0 Å². The van der Waals surface area contributed by atoms with E-state index in [0.717, 1.165) is 18.4 Å². The van der Waals surface area contributed by atoms with Gasteiger partial charge in [0.05, 0.1) is 17.5 Å². The van der Waals surface area contributed by atoms with E-state index < -0.39 is 10.0 Å². The Bertz CT molecular complexity index is 979. The highest BCUT2D eigenvalue weighted by atomic mass is 32.2. The first-order chi connectivity index (χ1) is 13.3. The molecular formula is C18H24N6O3S. The van der Waals surface area contributed by atoms with Crippen LogP contribution in [0.1, 0.15) is 28.8 Å². The molecule has 1 saturated carbocycles. The van der Waals surface area contributed by atoms with Gasteiger partial charge in [0, 0.05) is 57.3 Å². The standard InChI is InChI=1S/C18H24N6O3S/c1-22(9-13-8-20-23(2)10-13)18(25)14-5-6-19-17(7-14)24-11-15(12-24)21-28(26,27)16-3-4-16/h5-8,10,15-16,21H,3-4,9,11-12H2,1-2H3. The van der Waals surface area contributed by atoms with E-state index in [4.69, 9.17) is 0 Å². The lowest BCUT2D eigenvalue weighted by Crippen LogP contribution is -2.60. The van der Waals surface area contributed by atoms with Crippen molar-refractivity contribution in [3.05, 3.63) is 41.9 Å². The van der Waals surface area contributed by atoms with Crippen molar-refractivity contribution in [2.24, 2.45) is 7.05 Å². The van der Waals surface area contributed by atoms with Gasteiger partial charge < -0.3 is 9.80 Å². The van der Waals surface area contributed by atoms with Gasteiger partial charge in [0.1, 0.15) is 5.82 Å². The zero-order valence-corrected chi connectivity index (χ0v) is 16.8. The van der Waals surface area contributed by atoms with Crippen molar-refractivity contribution in [1.29, 1.82) is 0 Å². The Morgan fingerprint density at radius 3 is 2.75 bits per heavy atom. The van der Waals surface area contributed by atoms with E-state index in [2.05, 4.69) is 14.8 Å². The Balaban J connectivity index is 1.36. The number of aryl methyl sites for hydroxylation is 1. The zero-order chi connectivity index (χ0) is 19.9. The smallest absolute Gasteiger partial charge is 0.254 e. The molecule has 0 atom stereocenters. The predicted molar refractivity (Wildman–Crippen MR) is 104 cm³/mol. The van der Waals surface area contributed by atoms with Crippen LogP contribution in [0.2, 0.25) is 0 Å². The predicted octanol–water partition coefficient (Wildman–Crippen LogP) is 0.358. The number of carbonyl (C=O) groups excluding carboxylic acids is 1. The quantitative estimate of drug-likeness (QED) is 0.715. The van der Waals surface area contributed by atoms with Crippen LogP contribution in [0.5, 0.6) is 0 Å². The fourth-order valence-electron chi connectivity index (χ4n) is 3.29. The number of amides is 1. The fraction of sp³-hybridized carbons (Fsp3) is 0.500. The maximum Gasteiger partial charge on any atom is 0.254 e. The summed E-state index contributed by atoms with van der Waals surface area (Å²) in [6, 6.07) is 3.35. The number of nitrogens with zero attached hydrogens (tertiary/aromatic N) is 5. The Hall–Kier alpha value is -2.46. The van der Waals surface area contributed by atoms with Crippen molar-refractivity contribution in [2.75, 3.05) is 25.0 Å². The fourth-order valence-corrected chi connectivity index (χ4v) is 4.85. The number of aromatic nitrogens is 3. The van der Waals surface area contributed by atoms with Crippen LogP contribution in [0.3, 0.4) is 0 Å². The molecular weight excluding hydrogens is 380 g/mol. The second-order valence-electron chi connectivity index (χ2n) is 7.55. The SMILES string of the molecule is CN(Cc1cnn(C)c1)C(=O)c1ccnc(N2CC(NS(=O)(=O)C3CC3)C2)c1. The van der Waals surface area contributed by atoms with E-state index in [-0.39, 0.29) is 17.2 Å². The number of sulfonamides is 1. The molecule has 3 heterocycles. The molecule has 28 heavy (non-hydrogen) atoms. The van der Waals surface area contributed by atoms with Gasteiger partial charge in [-0.3, -0.25) is 9.48 Å². The van der Waals surface area contributed by atoms with Crippen LogP contribution in [0, 0.1) is 0 Å². The van der Waals surface area contributed by atoms with Gasteiger partial charge in [0.2, 0.25) is 10.0 Å². The second-order valence-corrected chi connectivity index (χ2v) is 9.54. The van der Waals surface area contributed by atoms with Crippen molar-refractivity contribution in [2.45, 2.75) is 30.7 Å². The molecule has 0 unspecified atom stereocenters. The summed E-state index contributed by atoms with van der Waals surface area (Å²) in [7, 11) is 0.412. The molecule has 10 heteroatoms. The normalized spacial score (nSPS) is 17.4. The van der Waals surface area contributed by atoms with Crippen molar-refractivity contribution >= 4 is 21.7 Å². The minimum Gasteiger partial charge on any atom is -0.353 e. The topological polar surface area (TPSA) is 100 Å². The maximum absolute atomic E-state index is 12.7. The number of hydrogen-bond acceptors (Lipinski definition) is 6. The molecule has 2 fully saturated rings. The van der Waals surface area contributed by atoms with Crippen molar-refractivity contribution in [3.63, 3.8) is 0 Å². The number of nitrogens with one attached hydrogen (secondary N) is 1. The minimum atomic E-state index is -3.18. The summed E-state index contributed by atoms with van der Waals surface area (Å²) in [4.78, 5) is 20.7. The lowest BCUT2D eigenvalue weighted by atomic mass is 10.1. The first kappa shape index (κ1) is 18.9. The van der Waals surface area contributed by atoms with Crippen LogP contribution in [-0.2, 0) is 23.6 Å². The summed E-state index contributed by atoms with van der Waals surface area (Å²) in [5, 5.41) is 3.91. The summed E-state index contributed by atoms with van der Waals surface area (Å²) in [6.45, 7) is 1.59. The molecule has 0 spiro atoms. The minimum absolute atomic E-state index is 0.0972. The molecule has 9 nitrogen and oxygen atoms in total. The van der Waals surface area contributed by atoms with E-state index in [1.807, 2.05) is 18.1 Å². The average Bonchev–Trinajstić information content (AvgIpc) is 3.41. The van der Waals surface area contributed by atoms with Gasteiger partial charge >= 0.3 is 0 Å². The lowest BCUT2D eigenvalue weighted by Gasteiger charge is -2.40. The molecule has 4 rings (SSSR count). The van der Waals surface area contributed by atoms with E-state index >= 15 is 0 Å². The summed E-state index contributed by atoms with van der Waals surface area (Å²) in [5.74, 6) is 0.585. The van der Waals surface area contributed by atoms with E-state index in [0.29, 0.717) is 31.0 Å². The van der Waals surface area contributed by atoms with Crippen molar-refractivity contribution < 1.29 is 13.2 Å². The summed E-state index contributed by atoms with van der Waals surface area (Å²) >= 11 is 0. The first-order valence-electron chi connectivity index (χ1n) is 9.27. The highest BCUT2D eigenvalue weighted by Gasteiger charge is 2.39. The average molecular weight is 404 g/mol. The highest BCUT2D eigenvalue weighted by molar-refractivity contribution is 7.90. The largest absolute Gasteiger partial charge is 0.353 e. The van der Waals surface area contributed by atoms with Crippen LogP contribution in [0.4, 0.5) is 5.82 Å². The molecule has 0 radical (unpaired) electrons. The Labute approximate surface area is 164 Å². The molecule has 2 aromatic heterocycles. The highest BCUT2D eigenvalue weighted by Crippen LogP contribution is 2.29. The third-order valence-electron chi connectivity index (χ3n) is 5.02. The van der Waals surface area contributed by atoms with E-state index in [1.54, 1.807) is 41.2 Å². The molecule has 2 aromatic rings. The molecule has 0 aromatic carbocycles. The second kappa shape index (κ2) is 7.17. The Morgan fingerprint density at radius 1 is 1.36 bits per heavy atom. The number of carbonyl (C=O) groups is 1. The molecule has 0 bridgehead atoms. The third-order valence-corrected chi connectivity index (χ3v) is 7.03. The zero-order valence-electron chi connectivity index (χ0n) is 15.9. The molecule has 2 aliphatic rings. The van der Waals surface area contributed by atoms with Crippen LogP contribution in [-0.4, -0.2) is 65.4 Å². The summed E-state index contributed by atoms with van der Waals surface area (Å²) in [6.07, 6.45) is 6.74. The molecule has 1 aliphatic carbocycles. The first-order valence-corrected chi connectivity index (χ1v) is 10.8. The van der Waals surface area contributed by atoms with Crippen LogP contribution >= 0.6 is 0 Å². The Kier molecular flexibility index (Phi) is 4.84. The number of pyridine rings is 1. The van der Waals surface area contributed by atoms with Crippen LogP contribution in [0.15, 0.2) is 30.7 Å². The van der Waals surface area contributed by atoms with Gasteiger partial charge in [-0.05, 0) is 25.0 Å². The molecule has 1 saturated heterocycles. The number of anilines is 1. The van der Waals surface area contributed by atoms with Gasteiger partial charge in [0.15, 0.2) is 0 Å². The van der Waals surface area contributed by atoms with Gasteiger partial charge in [-0.1, -0.05) is 0 Å². The van der Waals surface area contributed by atoms with Gasteiger partial charge in [0.25, 0.3) is 5.91 Å². The van der Waals surface area contributed by atoms with Crippen molar-refractivity contribution in [1.82, 2.24) is 24.4 Å². The molecule has 150 valence electrons. The molecule has 1 aliphatic heterocycles. The van der Waals surface area contributed by atoms with Crippen LogP contribution in [0.25, 0.3) is 0 Å². The summed E-state index contributed by atoms with van der Waals surface area (Å²) in [5.41, 5.74) is 1.51. The van der Waals surface area contributed by atoms with E-state index in [1.165, 1.54) is 0 Å². The molecule has 1 N–H and O–H groups in total. The monoisotopic (exact) mass is 404 g/mol. The van der Waals surface area contributed by atoms with Gasteiger partial charge in [-0.25, -0.2) is 18.1 Å². The number of hydrogen-bond donors (Lipinski definition) is 1. The van der Waals surface area contributed by atoms with Crippen molar-refractivity contribution in [3.8, 4) is 0 Å². The Morgan fingerprint density at radius 2 is 2.11 bits per heavy atom. The summed E-state index contributed by atoms with van der Waals surface area (Å²) < 4.78 is 28.5. The third kappa shape index (κ3) is 4.02.